The molecule has 0 heterocycles. The number of anilines is 1. The van der Waals surface area contributed by atoms with Gasteiger partial charge in [-0.3, -0.25) is 9.52 Å². The number of rotatable bonds is 8. The summed E-state index contributed by atoms with van der Waals surface area (Å²) in [5, 5.41) is 8.57. The van der Waals surface area contributed by atoms with Crippen molar-refractivity contribution in [3.63, 3.8) is 0 Å². The Morgan fingerprint density at radius 2 is 1.89 bits per heavy atom. The van der Waals surface area contributed by atoms with Gasteiger partial charge in [0.05, 0.1) is 5.75 Å². The van der Waals surface area contributed by atoms with E-state index in [1.807, 2.05) is 6.92 Å². The van der Waals surface area contributed by atoms with Crippen LogP contribution in [0, 0.1) is 0 Å². The molecule has 2 N–H and O–H groups in total. The lowest BCUT2D eigenvalue weighted by Gasteiger charge is -2.08. The summed E-state index contributed by atoms with van der Waals surface area (Å²) in [6.45, 7) is 1.94. The van der Waals surface area contributed by atoms with Crippen molar-refractivity contribution >= 4 is 21.7 Å². The van der Waals surface area contributed by atoms with Gasteiger partial charge in [-0.2, -0.15) is 0 Å². The van der Waals surface area contributed by atoms with Gasteiger partial charge in [0.2, 0.25) is 10.0 Å². The van der Waals surface area contributed by atoms with E-state index in [2.05, 4.69) is 4.72 Å². The summed E-state index contributed by atoms with van der Waals surface area (Å²) in [6, 6.07) is 6.78. The Hall–Kier alpha value is -1.56. The first-order chi connectivity index (χ1) is 8.93. The zero-order chi connectivity index (χ0) is 14.3. The summed E-state index contributed by atoms with van der Waals surface area (Å²) in [6.07, 6.45) is 1.97. The normalized spacial score (nSPS) is 11.2. The summed E-state index contributed by atoms with van der Waals surface area (Å²) in [5.74, 6) is -0.728. The molecule has 0 atom stereocenters. The van der Waals surface area contributed by atoms with E-state index in [9.17, 15) is 13.2 Å². The standard InChI is InChI=1S/C13H19NO4S/c1-2-3-10-19(17,18)14-12-7-4-11(5-8-12)6-9-13(15)16/h4-5,7-8,14H,2-3,6,9-10H2,1H3,(H,15,16). The van der Waals surface area contributed by atoms with E-state index < -0.39 is 16.0 Å². The van der Waals surface area contributed by atoms with Crippen LogP contribution in [0.2, 0.25) is 0 Å². The number of sulfonamides is 1. The minimum Gasteiger partial charge on any atom is -0.481 e. The number of aryl methyl sites for hydroxylation is 1. The van der Waals surface area contributed by atoms with Crippen molar-refractivity contribution in [2.75, 3.05) is 10.5 Å². The minimum atomic E-state index is -3.28. The van der Waals surface area contributed by atoms with Crippen molar-refractivity contribution < 1.29 is 18.3 Å². The predicted molar refractivity (Wildman–Crippen MR) is 74.7 cm³/mol. The molecule has 0 amide bonds. The van der Waals surface area contributed by atoms with Gasteiger partial charge in [-0.25, -0.2) is 8.42 Å². The number of carbonyl (C=O) groups is 1. The maximum atomic E-state index is 11.7. The largest absolute Gasteiger partial charge is 0.481 e. The molecule has 0 aliphatic heterocycles. The SMILES string of the molecule is CCCCS(=O)(=O)Nc1ccc(CCC(=O)O)cc1. The maximum Gasteiger partial charge on any atom is 0.303 e. The topological polar surface area (TPSA) is 83.5 Å². The number of nitrogens with one attached hydrogen (secondary N) is 1. The number of aliphatic carboxylic acids is 1. The molecule has 0 spiro atoms. The first-order valence-corrected chi connectivity index (χ1v) is 7.89. The molecule has 1 rings (SSSR count). The Kier molecular flexibility index (Phi) is 5.82. The van der Waals surface area contributed by atoms with Crippen LogP contribution in [-0.4, -0.2) is 25.2 Å². The zero-order valence-corrected chi connectivity index (χ0v) is 11.7. The molecule has 0 aliphatic rings. The van der Waals surface area contributed by atoms with Crippen LogP contribution in [0.25, 0.3) is 0 Å². The van der Waals surface area contributed by atoms with Crippen molar-refractivity contribution in [1.29, 1.82) is 0 Å². The Bertz CT molecular complexity index is 508. The van der Waals surface area contributed by atoms with Crippen molar-refractivity contribution in [1.82, 2.24) is 0 Å². The maximum absolute atomic E-state index is 11.7. The van der Waals surface area contributed by atoms with Crippen LogP contribution < -0.4 is 4.72 Å². The van der Waals surface area contributed by atoms with Gasteiger partial charge < -0.3 is 5.11 Å². The second-order valence-corrected chi connectivity index (χ2v) is 6.21. The van der Waals surface area contributed by atoms with Gasteiger partial charge in [0.25, 0.3) is 0 Å². The van der Waals surface area contributed by atoms with E-state index in [4.69, 9.17) is 5.11 Å². The average Bonchev–Trinajstić information content (AvgIpc) is 2.35. The van der Waals surface area contributed by atoms with Gasteiger partial charge in [-0.05, 0) is 30.5 Å². The lowest BCUT2D eigenvalue weighted by molar-refractivity contribution is -0.136. The lowest BCUT2D eigenvalue weighted by Crippen LogP contribution is -2.16. The Morgan fingerprint density at radius 1 is 1.26 bits per heavy atom. The first kappa shape index (κ1) is 15.5. The molecule has 19 heavy (non-hydrogen) atoms. The van der Waals surface area contributed by atoms with Gasteiger partial charge in [-0.1, -0.05) is 25.5 Å². The molecule has 0 unspecified atom stereocenters. The van der Waals surface area contributed by atoms with Crippen LogP contribution >= 0.6 is 0 Å². The highest BCUT2D eigenvalue weighted by Crippen LogP contribution is 2.13. The summed E-state index contributed by atoms with van der Waals surface area (Å²) in [7, 11) is -3.28. The van der Waals surface area contributed by atoms with E-state index in [1.165, 1.54) is 0 Å². The molecule has 0 saturated carbocycles. The highest BCUT2D eigenvalue weighted by atomic mass is 32.2. The smallest absolute Gasteiger partial charge is 0.303 e. The molecule has 0 fully saturated rings. The first-order valence-electron chi connectivity index (χ1n) is 6.24. The molecule has 0 radical (unpaired) electrons. The molecule has 5 nitrogen and oxygen atoms in total. The minimum absolute atomic E-state index is 0.0710. The highest BCUT2D eigenvalue weighted by molar-refractivity contribution is 7.92. The molecule has 1 aromatic rings. The fourth-order valence-electron chi connectivity index (χ4n) is 1.56. The van der Waals surface area contributed by atoms with Crippen molar-refractivity contribution in [3.8, 4) is 0 Å². The van der Waals surface area contributed by atoms with E-state index in [-0.39, 0.29) is 12.2 Å². The number of benzene rings is 1. The van der Waals surface area contributed by atoms with Crippen molar-refractivity contribution in [2.45, 2.75) is 32.6 Å². The quantitative estimate of drug-likeness (QED) is 0.767. The molecular weight excluding hydrogens is 266 g/mol. The van der Waals surface area contributed by atoms with Crippen LogP contribution in [0.3, 0.4) is 0 Å². The van der Waals surface area contributed by atoms with Crippen LogP contribution in [0.1, 0.15) is 31.7 Å². The molecule has 106 valence electrons. The van der Waals surface area contributed by atoms with E-state index >= 15 is 0 Å². The molecule has 6 heteroatoms. The fourth-order valence-corrected chi connectivity index (χ4v) is 2.82. The summed E-state index contributed by atoms with van der Waals surface area (Å²) >= 11 is 0. The molecule has 0 aromatic heterocycles. The highest BCUT2D eigenvalue weighted by Gasteiger charge is 2.09. The monoisotopic (exact) mass is 285 g/mol. The number of hydrogen-bond donors (Lipinski definition) is 2. The van der Waals surface area contributed by atoms with Gasteiger partial charge in [0.15, 0.2) is 0 Å². The van der Waals surface area contributed by atoms with Gasteiger partial charge in [0, 0.05) is 12.1 Å². The van der Waals surface area contributed by atoms with Crippen LogP contribution in [0.5, 0.6) is 0 Å². The van der Waals surface area contributed by atoms with Crippen LogP contribution in [0.15, 0.2) is 24.3 Å². The zero-order valence-electron chi connectivity index (χ0n) is 10.9. The van der Waals surface area contributed by atoms with Crippen molar-refractivity contribution in [3.05, 3.63) is 29.8 Å². The number of hydrogen-bond acceptors (Lipinski definition) is 3. The fraction of sp³-hybridized carbons (Fsp3) is 0.462. The van der Waals surface area contributed by atoms with Crippen LogP contribution in [-0.2, 0) is 21.2 Å². The molecule has 0 aliphatic carbocycles. The predicted octanol–water partition coefficient (Wildman–Crippen LogP) is 2.25. The lowest BCUT2D eigenvalue weighted by atomic mass is 10.1. The number of unbranched alkanes of at least 4 members (excludes halogenated alkanes) is 1. The van der Waals surface area contributed by atoms with Gasteiger partial charge >= 0.3 is 5.97 Å². The number of carboxylic acid groups (broad SMARTS) is 1. The number of carboxylic acids is 1. The summed E-state index contributed by atoms with van der Waals surface area (Å²) < 4.78 is 25.8. The Morgan fingerprint density at radius 3 is 2.42 bits per heavy atom. The second kappa shape index (κ2) is 7.13. The van der Waals surface area contributed by atoms with E-state index in [0.717, 1.165) is 12.0 Å². The molecular formula is C13H19NO4S. The van der Waals surface area contributed by atoms with Crippen LogP contribution in [0.4, 0.5) is 5.69 Å². The summed E-state index contributed by atoms with van der Waals surface area (Å²) in [5.41, 5.74) is 1.38. The molecule has 1 aromatic carbocycles. The average molecular weight is 285 g/mol. The molecule has 0 saturated heterocycles. The van der Waals surface area contributed by atoms with E-state index in [1.54, 1.807) is 24.3 Å². The third-order valence-corrected chi connectivity index (χ3v) is 3.99. The van der Waals surface area contributed by atoms with Gasteiger partial charge in [-0.15, -0.1) is 0 Å². The molecule has 0 bridgehead atoms. The Balaban J connectivity index is 2.59. The van der Waals surface area contributed by atoms with Gasteiger partial charge in [0.1, 0.15) is 0 Å². The third kappa shape index (κ3) is 6.24. The summed E-state index contributed by atoms with van der Waals surface area (Å²) in [4.78, 5) is 10.4. The Labute approximate surface area is 113 Å². The third-order valence-electron chi connectivity index (χ3n) is 2.62. The second-order valence-electron chi connectivity index (χ2n) is 4.37. The van der Waals surface area contributed by atoms with Crippen molar-refractivity contribution in [2.24, 2.45) is 0 Å². The van der Waals surface area contributed by atoms with E-state index in [0.29, 0.717) is 18.5 Å².